The molecule has 6 heteroatoms. The molecule has 2 N–H and O–H groups in total. The summed E-state index contributed by atoms with van der Waals surface area (Å²) in [4.78, 5) is 15.2. The van der Waals surface area contributed by atoms with Gasteiger partial charge in [-0.3, -0.25) is 9.98 Å². The largest absolute Gasteiger partial charge is 0.507 e. The second-order valence-corrected chi connectivity index (χ2v) is 18.0. The van der Waals surface area contributed by atoms with E-state index in [1.807, 2.05) is 30.6 Å². The lowest BCUT2D eigenvalue weighted by atomic mass is 9.69. The van der Waals surface area contributed by atoms with Crippen LogP contribution in [0.25, 0.3) is 0 Å². The van der Waals surface area contributed by atoms with E-state index in [0.29, 0.717) is 18.0 Å². The molecule has 3 aromatic carbocycles. The SMILES string of the molecule is CC1(C)CCN2CCC(C)(C)c3c(O)c(C=NC[C@@](C)(N=Cc4cc5c6c(c4O)C(C)(C)CCN6CCC5(C)C)c4ccccc4)cc1c32. The molecule has 4 aliphatic rings. The van der Waals surface area contributed by atoms with Crippen LogP contribution in [0.4, 0.5) is 11.4 Å². The van der Waals surface area contributed by atoms with Crippen LogP contribution >= 0.6 is 0 Å². The van der Waals surface area contributed by atoms with Crippen molar-refractivity contribution in [2.24, 2.45) is 9.98 Å². The Bertz CT molecular complexity index is 1850. The van der Waals surface area contributed by atoms with Crippen LogP contribution in [0.5, 0.6) is 11.5 Å². The maximum absolute atomic E-state index is 11.9. The first-order valence-corrected chi connectivity index (χ1v) is 18.4. The third-order valence-electron chi connectivity index (χ3n) is 12.6. The van der Waals surface area contributed by atoms with E-state index < -0.39 is 5.54 Å². The number of hydrogen-bond donors (Lipinski definition) is 2. The van der Waals surface area contributed by atoms with Crippen molar-refractivity contribution in [3.8, 4) is 11.5 Å². The highest BCUT2D eigenvalue weighted by molar-refractivity contribution is 5.90. The Morgan fingerprint density at radius 2 is 1.08 bits per heavy atom. The molecule has 1 atom stereocenters. The molecule has 0 saturated heterocycles. The van der Waals surface area contributed by atoms with Crippen molar-refractivity contribution in [1.82, 2.24) is 0 Å². The lowest BCUT2D eigenvalue weighted by Gasteiger charge is -2.48. The molecule has 0 aromatic heterocycles. The van der Waals surface area contributed by atoms with Crippen LogP contribution < -0.4 is 9.80 Å². The molecule has 0 fully saturated rings. The number of rotatable bonds is 6. The molecule has 0 unspecified atom stereocenters. The van der Waals surface area contributed by atoms with E-state index in [1.165, 1.54) is 22.5 Å². The van der Waals surface area contributed by atoms with Crippen molar-refractivity contribution in [1.29, 1.82) is 0 Å². The number of anilines is 2. The molecule has 7 rings (SSSR count). The molecule has 3 aromatic rings. The van der Waals surface area contributed by atoms with Crippen LogP contribution in [0.3, 0.4) is 0 Å². The van der Waals surface area contributed by atoms with Crippen LogP contribution in [0.1, 0.15) is 127 Å². The average Bonchev–Trinajstić information content (AvgIpc) is 3.03. The lowest BCUT2D eigenvalue weighted by molar-refractivity contribution is 0.377. The molecule has 49 heavy (non-hydrogen) atoms. The fourth-order valence-electron chi connectivity index (χ4n) is 8.92. The number of phenolic OH excluding ortho intramolecular Hbond substituents is 2. The standard InChI is InChI=1S/C43H56N4O2/c1-39(2)15-19-46-21-17-41(5,6)33-35(46)31(39)23-28(37(33)48)25-44-27-43(9,30-13-11-10-12-14-30)45-26-29-24-32-36-34(38(29)49)42(7,8)18-22-47(36)20-16-40(32,3)4/h10-14,23-26,48-49H,15-22,27H2,1-9H3/t43-/m1/s1. The Morgan fingerprint density at radius 3 is 1.55 bits per heavy atom. The Hall–Kier alpha value is -3.80. The minimum absolute atomic E-state index is 0.00763. The van der Waals surface area contributed by atoms with Gasteiger partial charge in [0.05, 0.1) is 6.54 Å². The van der Waals surface area contributed by atoms with E-state index >= 15 is 0 Å². The summed E-state index contributed by atoms with van der Waals surface area (Å²) in [7, 11) is 0. The third-order valence-corrected chi connectivity index (χ3v) is 12.6. The second kappa shape index (κ2) is 11.4. The number of hydrogen-bond acceptors (Lipinski definition) is 6. The third kappa shape index (κ3) is 5.54. The number of aliphatic imine (C=N–C) groups is 2. The first kappa shape index (κ1) is 33.7. The van der Waals surface area contributed by atoms with Gasteiger partial charge in [0, 0.05) is 72.2 Å². The second-order valence-electron chi connectivity index (χ2n) is 18.0. The Morgan fingerprint density at radius 1 is 0.653 bits per heavy atom. The van der Waals surface area contributed by atoms with Crippen LogP contribution in [0, 0.1) is 0 Å². The van der Waals surface area contributed by atoms with Gasteiger partial charge < -0.3 is 20.0 Å². The summed E-state index contributed by atoms with van der Waals surface area (Å²) in [6, 6.07) is 14.7. The number of aromatic hydroxyl groups is 2. The zero-order chi connectivity index (χ0) is 35.1. The average molecular weight is 661 g/mol. The van der Waals surface area contributed by atoms with Gasteiger partial charge in [-0.1, -0.05) is 85.7 Å². The van der Waals surface area contributed by atoms with Crippen LogP contribution in [-0.4, -0.2) is 55.4 Å². The Kier molecular flexibility index (Phi) is 7.81. The van der Waals surface area contributed by atoms with Gasteiger partial charge in [-0.15, -0.1) is 0 Å². The van der Waals surface area contributed by atoms with Crippen molar-refractivity contribution >= 4 is 23.8 Å². The van der Waals surface area contributed by atoms with Crippen molar-refractivity contribution in [2.45, 2.75) is 115 Å². The maximum Gasteiger partial charge on any atom is 0.130 e. The Balaban J connectivity index is 1.29. The molecule has 6 nitrogen and oxygen atoms in total. The van der Waals surface area contributed by atoms with Gasteiger partial charge in [0.25, 0.3) is 0 Å². The van der Waals surface area contributed by atoms with Gasteiger partial charge >= 0.3 is 0 Å². The van der Waals surface area contributed by atoms with Crippen molar-refractivity contribution in [3.63, 3.8) is 0 Å². The minimum atomic E-state index is -0.693. The van der Waals surface area contributed by atoms with E-state index in [1.54, 1.807) is 0 Å². The molecule has 0 radical (unpaired) electrons. The minimum Gasteiger partial charge on any atom is -0.507 e. The van der Waals surface area contributed by atoms with Gasteiger partial charge in [0.1, 0.15) is 17.0 Å². The highest BCUT2D eigenvalue weighted by Crippen LogP contribution is 2.54. The maximum atomic E-state index is 11.9. The van der Waals surface area contributed by atoms with E-state index in [2.05, 4.69) is 96.4 Å². The van der Waals surface area contributed by atoms with E-state index in [0.717, 1.165) is 79.7 Å². The topological polar surface area (TPSA) is 71.7 Å². The quantitative estimate of drug-likeness (QED) is 0.259. The first-order chi connectivity index (χ1) is 23.0. The summed E-state index contributed by atoms with van der Waals surface area (Å²) >= 11 is 0. The molecule has 0 amide bonds. The van der Waals surface area contributed by atoms with Crippen molar-refractivity contribution in [3.05, 3.63) is 81.4 Å². The van der Waals surface area contributed by atoms with Gasteiger partial charge in [-0.2, -0.15) is 0 Å². The smallest absolute Gasteiger partial charge is 0.130 e. The molecule has 260 valence electrons. The van der Waals surface area contributed by atoms with Crippen molar-refractivity contribution < 1.29 is 10.2 Å². The molecule has 4 aliphatic heterocycles. The summed E-state index contributed by atoms with van der Waals surface area (Å²) in [5.41, 5.74) is 8.87. The van der Waals surface area contributed by atoms with Gasteiger partial charge in [-0.25, -0.2) is 0 Å². The molecule has 4 heterocycles. The van der Waals surface area contributed by atoms with E-state index in [9.17, 15) is 10.2 Å². The number of benzene rings is 3. The normalized spacial score (nSPS) is 22.6. The van der Waals surface area contributed by atoms with E-state index in [-0.39, 0.29) is 21.7 Å². The molecule has 0 spiro atoms. The van der Waals surface area contributed by atoms with Gasteiger partial charge in [-0.05, 0) is 83.1 Å². The van der Waals surface area contributed by atoms with Gasteiger partial charge in [0.2, 0.25) is 0 Å². The monoisotopic (exact) mass is 660 g/mol. The molecular weight excluding hydrogens is 604 g/mol. The summed E-state index contributed by atoms with van der Waals surface area (Å²) < 4.78 is 0. The predicted octanol–water partition coefficient (Wildman–Crippen LogP) is 8.89. The Labute approximate surface area is 294 Å². The van der Waals surface area contributed by atoms with Crippen LogP contribution in [-0.2, 0) is 27.2 Å². The van der Waals surface area contributed by atoms with Gasteiger partial charge in [0.15, 0.2) is 0 Å². The molecular formula is C43H56N4O2. The number of phenols is 2. The fraction of sp³-hybridized carbons (Fsp3) is 0.535. The zero-order valence-electron chi connectivity index (χ0n) is 31.2. The number of nitrogens with zero attached hydrogens (tertiary/aromatic N) is 4. The summed E-state index contributed by atoms with van der Waals surface area (Å²) in [6.45, 7) is 24.9. The summed E-state index contributed by atoms with van der Waals surface area (Å²) in [5, 5.41) is 23.7. The summed E-state index contributed by atoms with van der Waals surface area (Å²) in [6.07, 6.45) is 7.94. The highest BCUT2D eigenvalue weighted by atomic mass is 16.3. The highest BCUT2D eigenvalue weighted by Gasteiger charge is 2.44. The fourth-order valence-corrected chi connectivity index (χ4v) is 8.92. The van der Waals surface area contributed by atoms with Crippen molar-refractivity contribution in [2.75, 3.05) is 42.5 Å². The van der Waals surface area contributed by atoms with Crippen LogP contribution in [0.15, 0.2) is 52.4 Å². The first-order valence-electron chi connectivity index (χ1n) is 18.4. The summed E-state index contributed by atoms with van der Waals surface area (Å²) in [5.74, 6) is 0.702. The lowest BCUT2D eigenvalue weighted by Crippen LogP contribution is -2.44. The molecule has 0 saturated carbocycles. The van der Waals surface area contributed by atoms with E-state index in [4.69, 9.17) is 9.98 Å². The zero-order valence-corrected chi connectivity index (χ0v) is 31.2. The van der Waals surface area contributed by atoms with Crippen LogP contribution in [0.2, 0.25) is 0 Å². The molecule has 0 bridgehead atoms. The molecule has 0 aliphatic carbocycles. The predicted molar refractivity (Wildman–Crippen MR) is 205 cm³/mol.